The van der Waals surface area contributed by atoms with E-state index >= 15 is 0 Å². The van der Waals surface area contributed by atoms with Crippen LogP contribution in [-0.2, 0) is 17.4 Å². The summed E-state index contributed by atoms with van der Waals surface area (Å²) in [4.78, 5) is 38.3. The zero-order valence-electron chi connectivity index (χ0n) is 26.4. The van der Waals surface area contributed by atoms with E-state index in [1.807, 2.05) is 0 Å². The molecule has 4 heterocycles. The maximum Gasteiger partial charge on any atom is 0.419 e. The molecule has 3 saturated heterocycles. The van der Waals surface area contributed by atoms with Gasteiger partial charge in [-0.2, -0.15) is 13.2 Å². The molecule has 5 aliphatic rings. The number of halogens is 3. The van der Waals surface area contributed by atoms with Gasteiger partial charge in [-0.1, -0.05) is 12.8 Å². The molecule has 2 aromatic rings. The lowest BCUT2D eigenvalue weighted by atomic mass is 9.78. The number of carbonyl (C=O) groups is 2. The second-order valence-corrected chi connectivity index (χ2v) is 13.8. The lowest BCUT2D eigenvalue weighted by Gasteiger charge is -2.39. The van der Waals surface area contributed by atoms with Gasteiger partial charge in [0.1, 0.15) is 5.75 Å². The molecule has 3 N–H and O–H groups in total. The number of benzene rings is 1. The van der Waals surface area contributed by atoms with Crippen LogP contribution in [0.5, 0.6) is 5.75 Å². The first-order valence-electron chi connectivity index (χ1n) is 16.5. The van der Waals surface area contributed by atoms with Gasteiger partial charge in [-0.05, 0) is 76.9 Å². The third-order valence-corrected chi connectivity index (χ3v) is 11.1. The molecule has 1 unspecified atom stereocenters. The fourth-order valence-electron chi connectivity index (χ4n) is 8.55. The first kappa shape index (κ1) is 31.2. The van der Waals surface area contributed by atoms with E-state index in [9.17, 15) is 22.8 Å². The number of hydrogen-bond acceptors (Lipinski definition) is 8. The number of methoxy groups -OCH3 is 1. The van der Waals surface area contributed by atoms with Crippen molar-refractivity contribution in [2.75, 3.05) is 39.1 Å². The summed E-state index contributed by atoms with van der Waals surface area (Å²) in [6.45, 7) is 2.62. The zero-order valence-corrected chi connectivity index (χ0v) is 26.4. The van der Waals surface area contributed by atoms with Gasteiger partial charge < -0.3 is 30.5 Å². The number of amides is 2. The van der Waals surface area contributed by atoms with Gasteiger partial charge >= 0.3 is 6.18 Å². The number of ether oxygens (including phenoxy) is 1. The average molecular weight is 642 g/mol. The van der Waals surface area contributed by atoms with Crippen LogP contribution in [0.1, 0.15) is 79.4 Å². The van der Waals surface area contributed by atoms with Crippen LogP contribution in [-0.4, -0.2) is 89.0 Å². The molecule has 2 spiro atoms. The van der Waals surface area contributed by atoms with Crippen molar-refractivity contribution < 1.29 is 27.5 Å². The number of piperidine rings is 1. The maximum absolute atomic E-state index is 14.1. The minimum absolute atomic E-state index is 0.0169. The highest BCUT2D eigenvalue weighted by Gasteiger charge is 2.82. The van der Waals surface area contributed by atoms with Crippen molar-refractivity contribution in [2.45, 2.75) is 94.0 Å². The Morgan fingerprint density at radius 2 is 1.96 bits per heavy atom. The van der Waals surface area contributed by atoms with Crippen LogP contribution in [0, 0.1) is 5.41 Å². The number of hydrogen-bond donors (Lipinski definition) is 3. The zero-order chi connectivity index (χ0) is 32.3. The van der Waals surface area contributed by atoms with Gasteiger partial charge in [-0.25, -0.2) is 9.97 Å². The predicted molar refractivity (Wildman–Crippen MR) is 165 cm³/mol. The van der Waals surface area contributed by atoms with Gasteiger partial charge in [0, 0.05) is 60.2 Å². The standard InChI is InChI=1S/C33H42F3N7O3/c1-42-14-10-21(11-15-42)38-29(45)20-8-9-23(25(16-20)46-2)39-30-37-18-22(33(34,35)36)24(40-30)17-26-32(41-26)19-31(32)12-4-3-6-27(31)43-13-5-7-28(43)44/h8-9,16,18,21,26-27,41H,3-7,10-15,17,19H2,1-2H3,(H,38,45)(H,37,39,40)/t26?,27-,31-,32+/m1/s1. The number of rotatable bonds is 8. The van der Waals surface area contributed by atoms with Gasteiger partial charge in [0.25, 0.3) is 5.91 Å². The molecule has 0 radical (unpaired) electrons. The highest BCUT2D eigenvalue weighted by molar-refractivity contribution is 5.95. The number of fused-ring (bicyclic) bond motifs is 1. The molecular formula is C33H42F3N7O3. The van der Waals surface area contributed by atoms with E-state index in [-0.39, 0.29) is 59.0 Å². The minimum atomic E-state index is -4.60. The summed E-state index contributed by atoms with van der Waals surface area (Å²) >= 11 is 0. The van der Waals surface area contributed by atoms with E-state index < -0.39 is 11.7 Å². The van der Waals surface area contributed by atoms with E-state index in [1.165, 1.54) is 7.11 Å². The number of aromatic nitrogens is 2. The Morgan fingerprint density at radius 3 is 2.67 bits per heavy atom. The van der Waals surface area contributed by atoms with E-state index in [4.69, 9.17) is 4.74 Å². The molecule has 1 aromatic carbocycles. The van der Waals surface area contributed by atoms with Crippen LogP contribution in [0.3, 0.4) is 0 Å². The Balaban J connectivity index is 1.07. The first-order valence-corrected chi connectivity index (χ1v) is 16.5. The van der Waals surface area contributed by atoms with E-state index in [2.05, 4.69) is 42.8 Å². The summed E-state index contributed by atoms with van der Waals surface area (Å²) in [5.74, 6) is 0.370. The van der Waals surface area contributed by atoms with Crippen molar-refractivity contribution in [1.29, 1.82) is 0 Å². The SMILES string of the molecule is COc1cc(C(=O)NC2CCN(C)CC2)ccc1Nc1ncc(C(F)(F)F)c(CC2N[C@@]23C[C@@]32CCCC[C@H]2N2CCCC2=O)n1. The molecule has 2 saturated carbocycles. The van der Waals surface area contributed by atoms with Crippen LogP contribution in [0.15, 0.2) is 24.4 Å². The second kappa shape index (κ2) is 11.7. The van der Waals surface area contributed by atoms with Gasteiger partial charge in [0.2, 0.25) is 11.9 Å². The van der Waals surface area contributed by atoms with Crippen LogP contribution >= 0.6 is 0 Å². The van der Waals surface area contributed by atoms with Gasteiger partial charge in [0.05, 0.1) is 24.1 Å². The Bertz CT molecular complexity index is 1510. The molecule has 4 atom stereocenters. The molecule has 1 aromatic heterocycles. The molecular weight excluding hydrogens is 599 g/mol. The van der Waals surface area contributed by atoms with Crippen LogP contribution in [0.25, 0.3) is 0 Å². The van der Waals surface area contributed by atoms with Crippen LogP contribution < -0.4 is 20.7 Å². The normalized spacial score (nSPS) is 29.8. The summed E-state index contributed by atoms with van der Waals surface area (Å²) in [5, 5.41) is 9.66. The van der Waals surface area contributed by atoms with Crippen molar-refractivity contribution in [3.8, 4) is 5.75 Å². The molecule has 10 nitrogen and oxygen atoms in total. The smallest absolute Gasteiger partial charge is 0.419 e. The molecule has 7 rings (SSSR count). The van der Waals surface area contributed by atoms with E-state index in [0.717, 1.165) is 77.2 Å². The Morgan fingerprint density at radius 1 is 1.15 bits per heavy atom. The third-order valence-electron chi connectivity index (χ3n) is 11.1. The predicted octanol–water partition coefficient (Wildman–Crippen LogP) is 4.28. The van der Waals surface area contributed by atoms with Crippen molar-refractivity contribution in [3.05, 3.63) is 41.2 Å². The fraction of sp³-hybridized carbons (Fsp3) is 0.636. The average Bonchev–Trinajstić information content (AvgIpc) is 3.82. The van der Waals surface area contributed by atoms with Gasteiger partial charge in [-0.3, -0.25) is 9.59 Å². The lowest BCUT2D eigenvalue weighted by Crippen LogP contribution is -2.46. The topological polar surface area (TPSA) is 122 Å². The van der Waals surface area contributed by atoms with E-state index in [1.54, 1.807) is 18.2 Å². The van der Waals surface area contributed by atoms with Crippen molar-refractivity contribution in [3.63, 3.8) is 0 Å². The second-order valence-electron chi connectivity index (χ2n) is 13.8. The molecule has 13 heteroatoms. The summed E-state index contributed by atoms with van der Waals surface area (Å²) in [5.41, 5.74) is -0.368. The van der Waals surface area contributed by atoms with E-state index in [0.29, 0.717) is 23.4 Å². The molecule has 2 aliphatic carbocycles. The van der Waals surface area contributed by atoms with Gasteiger partial charge in [-0.15, -0.1) is 0 Å². The minimum Gasteiger partial charge on any atom is -0.495 e. The summed E-state index contributed by atoms with van der Waals surface area (Å²) in [6, 6.07) is 5.01. The van der Waals surface area contributed by atoms with Crippen molar-refractivity contribution in [1.82, 2.24) is 30.4 Å². The molecule has 3 aliphatic heterocycles. The summed E-state index contributed by atoms with van der Waals surface area (Å²) in [7, 11) is 3.53. The van der Waals surface area contributed by atoms with Crippen LogP contribution in [0.4, 0.5) is 24.8 Å². The van der Waals surface area contributed by atoms with Crippen LogP contribution in [0.2, 0.25) is 0 Å². The highest BCUT2D eigenvalue weighted by Crippen LogP contribution is 2.73. The number of carbonyl (C=O) groups excluding carboxylic acids is 2. The number of alkyl halides is 3. The molecule has 2 amide bonds. The first-order chi connectivity index (χ1) is 22.0. The monoisotopic (exact) mass is 641 g/mol. The highest BCUT2D eigenvalue weighted by atomic mass is 19.4. The number of nitrogens with one attached hydrogen (secondary N) is 3. The summed E-state index contributed by atoms with van der Waals surface area (Å²) < 4.78 is 48.0. The number of likely N-dealkylation sites (tertiary alicyclic amines) is 2. The Labute approximate surface area is 266 Å². The Kier molecular flexibility index (Phi) is 7.90. The van der Waals surface area contributed by atoms with Crippen molar-refractivity contribution in [2.24, 2.45) is 5.41 Å². The molecule has 46 heavy (non-hydrogen) atoms. The maximum atomic E-state index is 14.1. The number of anilines is 2. The lowest BCUT2D eigenvalue weighted by molar-refractivity contribution is -0.138. The number of nitrogens with zero attached hydrogens (tertiary/aromatic N) is 4. The quantitative estimate of drug-likeness (QED) is 0.366. The van der Waals surface area contributed by atoms with Gasteiger partial charge in [0.15, 0.2) is 0 Å². The third kappa shape index (κ3) is 5.59. The van der Waals surface area contributed by atoms with Crippen molar-refractivity contribution >= 4 is 23.5 Å². The molecule has 248 valence electrons. The largest absolute Gasteiger partial charge is 0.495 e. The molecule has 5 fully saturated rings. The summed E-state index contributed by atoms with van der Waals surface area (Å²) in [6.07, 6.45) is 4.53. The molecule has 0 bridgehead atoms. The Hall–Kier alpha value is -3.45. The fourth-order valence-corrected chi connectivity index (χ4v) is 8.55.